The van der Waals surface area contributed by atoms with Gasteiger partial charge in [0, 0.05) is 49.4 Å². The minimum atomic E-state index is -0.500. The van der Waals surface area contributed by atoms with Gasteiger partial charge in [-0.3, -0.25) is 9.89 Å². The van der Waals surface area contributed by atoms with Crippen molar-refractivity contribution < 1.29 is 9.84 Å². The first-order valence-electron chi connectivity index (χ1n) is 13.2. The highest BCUT2D eigenvalue weighted by atomic mass is 35.5. The lowest BCUT2D eigenvalue weighted by atomic mass is 9.68. The van der Waals surface area contributed by atoms with Crippen LogP contribution in [0.3, 0.4) is 0 Å². The van der Waals surface area contributed by atoms with E-state index in [9.17, 15) is 5.11 Å². The molecule has 11 heteroatoms. The highest BCUT2D eigenvalue weighted by Gasteiger charge is 2.43. The number of amidine groups is 1. The molecule has 2 N–H and O–H groups in total. The number of β-amino-alcohol motifs (C(OH)–C–C–N with tert-alkyl or cyclic N) is 1. The van der Waals surface area contributed by atoms with E-state index in [2.05, 4.69) is 48.4 Å². The Morgan fingerprint density at radius 1 is 1.13 bits per heavy atom. The molecule has 1 aromatic carbocycles. The molecule has 2 fully saturated rings. The molecule has 0 amide bonds. The lowest BCUT2D eigenvalue weighted by molar-refractivity contribution is -0.0128. The van der Waals surface area contributed by atoms with Crippen molar-refractivity contribution in [1.29, 1.82) is 0 Å². The van der Waals surface area contributed by atoms with Gasteiger partial charge in [-0.1, -0.05) is 23.7 Å². The number of hydrogen-bond acceptors (Lipinski definition) is 9. The van der Waals surface area contributed by atoms with E-state index in [1.807, 2.05) is 31.3 Å². The van der Waals surface area contributed by atoms with Crippen LogP contribution in [0.4, 0.5) is 11.6 Å². The highest BCUT2D eigenvalue weighted by molar-refractivity contribution is 6.35. The van der Waals surface area contributed by atoms with E-state index in [0.717, 1.165) is 55.9 Å². The molecule has 3 aliphatic heterocycles. The van der Waals surface area contributed by atoms with Crippen molar-refractivity contribution >= 4 is 40.9 Å². The van der Waals surface area contributed by atoms with Gasteiger partial charge in [-0.2, -0.15) is 4.98 Å². The molecular weight excluding hydrogens is 504 g/mol. The third-order valence-corrected chi connectivity index (χ3v) is 8.16. The number of rotatable bonds is 6. The van der Waals surface area contributed by atoms with Gasteiger partial charge >= 0.3 is 0 Å². The van der Waals surface area contributed by atoms with Crippen LogP contribution in [0, 0.1) is 0 Å². The summed E-state index contributed by atoms with van der Waals surface area (Å²) >= 11 is 6.22. The molecular formula is C27H33ClN8O2. The zero-order valence-electron chi connectivity index (χ0n) is 21.5. The number of pyridine rings is 1. The largest absolute Gasteiger partial charge is 0.391 e. The topological polar surface area (TPSA) is 103 Å². The summed E-state index contributed by atoms with van der Waals surface area (Å²) in [5.41, 5.74) is 2.59. The lowest BCUT2D eigenvalue weighted by Crippen LogP contribution is -2.54. The molecule has 3 aromatic rings. The molecule has 0 aliphatic carbocycles. The lowest BCUT2D eigenvalue weighted by Gasteiger charge is -2.47. The predicted molar refractivity (Wildman–Crippen MR) is 150 cm³/mol. The molecule has 0 bridgehead atoms. The van der Waals surface area contributed by atoms with E-state index in [1.54, 1.807) is 10.7 Å². The number of aliphatic imine (C=N–C) groups is 2. The van der Waals surface area contributed by atoms with E-state index < -0.39 is 6.10 Å². The zero-order chi connectivity index (χ0) is 26.1. The van der Waals surface area contributed by atoms with E-state index in [-0.39, 0.29) is 11.6 Å². The summed E-state index contributed by atoms with van der Waals surface area (Å²) in [7, 11) is 0. The zero-order valence-corrected chi connectivity index (χ0v) is 22.3. The number of aliphatic hydroxyl groups is 1. The maximum atomic E-state index is 11.7. The number of benzene rings is 1. The molecule has 2 aromatic heterocycles. The molecule has 3 aliphatic rings. The van der Waals surface area contributed by atoms with Crippen LogP contribution in [0.2, 0.25) is 5.02 Å². The van der Waals surface area contributed by atoms with E-state index in [4.69, 9.17) is 21.3 Å². The summed E-state index contributed by atoms with van der Waals surface area (Å²) in [6.45, 7) is 7.26. The number of halogens is 1. The summed E-state index contributed by atoms with van der Waals surface area (Å²) in [6, 6.07) is 12.1. The number of nitrogens with one attached hydrogen (secondary N) is 1. The Hall–Kier alpha value is -3.05. The van der Waals surface area contributed by atoms with Gasteiger partial charge in [0.05, 0.1) is 31.2 Å². The van der Waals surface area contributed by atoms with Crippen LogP contribution < -0.4 is 10.2 Å². The van der Waals surface area contributed by atoms with Crippen LogP contribution in [0.25, 0.3) is 5.65 Å². The minimum absolute atomic E-state index is 0.0852. The van der Waals surface area contributed by atoms with E-state index in [1.165, 1.54) is 0 Å². The monoisotopic (exact) mass is 536 g/mol. The Balaban J connectivity index is 1.24. The summed E-state index contributed by atoms with van der Waals surface area (Å²) in [4.78, 5) is 18.1. The van der Waals surface area contributed by atoms with Gasteiger partial charge in [0.25, 0.3) is 0 Å². The predicted octanol–water partition coefficient (Wildman–Crippen LogP) is 2.85. The number of fused-ring (bicyclic) bond motifs is 1. The summed E-state index contributed by atoms with van der Waals surface area (Å²) < 4.78 is 7.31. The molecule has 0 radical (unpaired) electrons. The first-order valence-corrected chi connectivity index (χ1v) is 13.6. The fourth-order valence-corrected chi connectivity index (χ4v) is 5.89. The summed E-state index contributed by atoms with van der Waals surface area (Å²) in [5.74, 6) is 1.15. The first kappa shape index (κ1) is 25.2. The Kier molecular flexibility index (Phi) is 7.05. The quantitative estimate of drug-likeness (QED) is 0.499. The van der Waals surface area contributed by atoms with Gasteiger partial charge in [0.2, 0.25) is 5.95 Å². The number of ether oxygens (including phenoxy) is 1. The number of nitrogens with zero attached hydrogens (tertiary/aromatic N) is 7. The van der Waals surface area contributed by atoms with Crippen molar-refractivity contribution in [1.82, 2.24) is 19.5 Å². The maximum Gasteiger partial charge on any atom is 0.248 e. The molecule has 200 valence electrons. The van der Waals surface area contributed by atoms with Gasteiger partial charge in [-0.15, -0.1) is 5.10 Å². The highest BCUT2D eigenvalue weighted by Crippen LogP contribution is 2.41. The van der Waals surface area contributed by atoms with Crippen LogP contribution in [0.5, 0.6) is 0 Å². The van der Waals surface area contributed by atoms with Crippen molar-refractivity contribution in [3.63, 3.8) is 0 Å². The minimum Gasteiger partial charge on any atom is -0.391 e. The van der Waals surface area contributed by atoms with Crippen LogP contribution in [-0.4, -0.2) is 94.9 Å². The number of morpholine rings is 1. The average molecular weight is 537 g/mol. The van der Waals surface area contributed by atoms with Crippen LogP contribution in [0.1, 0.15) is 25.3 Å². The summed E-state index contributed by atoms with van der Waals surface area (Å²) in [5, 5.41) is 20.2. The Labute approximate surface area is 227 Å². The Morgan fingerprint density at radius 2 is 1.89 bits per heavy atom. The molecule has 2 atom stereocenters. The molecule has 0 saturated carbocycles. The fraction of sp³-hybridized carbons (Fsp3) is 0.481. The maximum absolute atomic E-state index is 11.7. The van der Waals surface area contributed by atoms with Crippen LogP contribution in [-0.2, 0) is 10.2 Å². The van der Waals surface area contributed by atoms with Gasteiger partial charge in [-0.05, 0) is 49.6 Å². The molecule has 0 spiro atoms. The average Bonchev–Trinajstić information content (AvgIpc) is 3.54. The van der Waals surface area contributed by atoms with Crippen LogP contribution in [0.15, 0.2) is 52.6 Å². The standard InChI is InChI=1S/C27H33ClN8O2/c1-19-29-17-24(30-19)31-26-32-25-22(3-2-10-36(25)33-26)35-11-8-27(9-12-35,20-4-6-21(28)7-5-20)23(37)18-34-13-15-38-16-14-34/h2-7,10,17,19,23,37H,8-9,11-16,18H2,1H3,(H,30,31,33). The van der Waals surface area contributed by atoms with Crippen molar-refractivity contribution in [2.45, 2.75) is 37.5 Å². The van der Waals surface area contributed by atoms with Gasteiger partial charge in [0.1, 0.15) is 12.0 Å². The first-order chi connectivity index (χ1) is 18.5. The Bertz CT molecular complexity index is 1330. The van der Waals surface area contributed by atoms with Crippen molar-refractivity contribution in [3.05, 3.63) is 53.2 Å². The second-order valence-electron chi connectivity index (χ2n) is 10.2. The van der Waals surface area contributed by atoms with Gasteiger partial charge in [-0.25, -0.2) is 9.51 Å². The van der Waals surface area contributed by atoms with E-state index in [0.29, 0.717) is 36.6 Å². The normalized spacial score (nSPS) is 22.6. The summed E-state index contributed by atoms with van der Waals surface area (Å²) in [6.07, 6.45) is 4.65. The van der Waals surface area contributed by atoms with Gasteiger partial charge in [0.15, 0.2) is 5.65 Å². The van der Waals surface area contributed by atoms with Crippen molar-refractivity contribution in [2.75, 3.05) is 56.2 Å². The molecule has 2 unspecified atom stereocenters. The van der Waals surface area contributed by atoms with Crippen LogP contribution >= 0.6 is 11.6 Å². The molecule has 10 nitrogen and oxygen atoms in total. The third-order valence-electron chi connectivity index (χ3n) is 7.91. The number of aromatic nitrogens is 3. The number of hydrogen-bond donors (Lipinski definition) is 2. The molecule has 5 heterocycles. The smallest absolute Gasteiger partial charge is 0.248 e. The second kappa shape index (κ2) is 10.6. The van der Waals surface area contributed by atoms with Crippen molar-refractivity contribution in [3.8, 4) is 0 Å². The third kappa shape index (κ3) is 5.01. The fourth-order valence-electron chi connectivity index (χ4n) is 5.76. The molecule has 2 saturated heterocycles. The van der Waals surface area contributed by atoms with E-state index >= 15 is 0 Å². The second-order valence-corrected chi connectivity index (χ2v) is 10.7. The molecule has 38 heavy (non-hydrogen) atoms. The number of piperidine rings is 1. The number of anilines is 2. The molecule has 6 rings (SSSR count). The van der Waals surface area contributed by atoms with Gasteiger partial charge < -0.3 is 20.1 Å². The Morgan fingerprint density at radius 3 is 2.61 bits per heavy atom. The number of aliphatic hydroxyl groups excluding tert-OH is 1. The van der Waals surface area contributed by atoms with Crippen molar-refractivity contribution in [2.24, 2.45) is 9.98 Å². The SMILES string of the molecule is CC1N=CC(Nc2nc3c(N4CCC(c5ccc(Cl)cc5)(C(O)CN5CCOCC5)CC4)cccn3n2)=N1.